The smallest absolute Gasteiger partial charge is 0.332 e. The Hall–Kier alpha value is -0.770. The molecule has 1 heterocycles. The van der Waals surface area contributed by atoms with Gasteiger partial charge in [0, 0.05) is 0 Å². The number of carbonyl (C=O) groups excluding carboxylic acids is 1. The first kappa shape index (κ1) is 5.97. The van der Waals surface area contributed by atoms with E-state index in [0.717, 1.165) is 12.8 Å². The molecule has 2 amide bonds. The summed E-state index contributed by atoms with van der Waals surface area (Å²) in [5.41, 5.74) is 0. The van der Waals surface area contributed by atoms with Crippen LogP contribution in [0.2, 0.25) is 0 Å². The van der Waals surface area contributed by atoms with Crippen LogP contribution in [0.25, 0.3) is 0 Å². The van der Waals surface area contributed by atoms with Gasteiger partial charge in [-0.25, -0.2) is 10.6 Å². The molecule has 1 aliphatic carbocycles. The van der Waals surface area contributed by atoms with Gasteiger partial charge in [0.1, 0.15) is 0 Å². The maximum Gasteiger partial charge on any atom is 0.332 e. The SMILES string of the molecule is NN1C(=O)NC2CCCC21. The monoisotopic (exact) mass is 141 g/mol. The standard InChI is InChI=1S/C6H11N3O/c7-9-5-3-1-2-4(5)8-6(9)10/h4-5H,1-3,7H2,(H,8,10). The summed E-state index contributed by atoms with van der Waals surface area (Å²) in [7, 11) is 0. The molecule has 56 valence electrons. The fourth-order valence-electron chi connectivity index (χ4n) is 1.83. The van der Waals surface area contributed by atoms with Crippen molar-refractivity contribution in [3.05, 3.63) is 0 Å². The van der Waals surface area contributed by atoms with Crippen LogP contribution in [0.5, 0.6) is 0 Å². The average Bonchev–Trinajstić information content (AvgIpc) is 2.41. The Morgan fingerprint density at radius 1 is 1.60 bits per heavy atom. The van der Waals surface area contributed by atoms with Gasteiger partial charge in [-0.1, -0.05) is 0 Å². The summed E-state index contributed by atoms with van der Waals surface area (Å²) in [6.07, 6.45) is 3.33. The topological polar surface area (TPSA) is 58.4 Å². The molecule has 1 saturated carbocycles. The van der Waals surface area contributed by atoms with Gasteiger partial charge in [-0.2, -0.15) is 0 Å². The summed E-state index contributed by atoms with van der Waals surface area (Å²) in [5.74, 6) is 5.48. The number of hydrogen-bond donors (Lipinski definition) is 2. The van der Waals surface area contributed by atoms with Crippen LogP contribution in [0.15, 0.2) is 0 Å². The lowest BCUT2D eigenvalue weighted by atomic mass is 10.2. The fraction of sp³-hybridized carbons (Fsp3) is 0.833. The van der Waals surface area contributed by atoms with Gasteiger partial charge in [0.2, 0.25) is 0 Å². The highest BCUT2D eigenvalue weighted by Gasteiger charge is 2.40. The van der Waals surface area contributed by atoms with Crippen LogP contribution in [0.4, 0.5) is 4.79 Å². The summed E-state index contributed by atoms with van der Waals surface area (Å²) in [4.78, 5) is 10.9. The van der Waals surface area contributed by atoms with Crippen LogP contribution >= 0.6 is 0 Å². The van der Waals surface area contributed by atoms with Crippen molar-refractivity contribution in [1.29, 1.82) is 0 Å². The highest BCUT2D eigenvalue weighted by Crippen LogP contribution is 2.26. The van der Waals surface area contributed by atoms with Crippen LogP contribution in [-0.2, 0) is 0 Å². The van der Waals surface area contributed by atoms with Crippen LogP contribution in [0.3, 0.4) is 0 Å². The van der Waals surface area contributed by atoms with E-state index >= 15 is 0 Å². The molecule has 0 aromatic carbocycles. The van der Waals surface area contributed by atoms with E-state index in [9.17, 15) is 4.79 Å². The first-order chi connectivity index (χ1) is 4.79. The number of amides is 2. The molecule has 2 rings (SSSR count). The normalized spacial score (nSPS) is 38.1. The van der Waals surface area contributed by atoms with Gasteiger partial charge >= 0.3 is 6.03 Å². The molecule has 0 aromatic heterocycles. The van der Waals surface area contributed by atoms with E-state index in [1.807, 2.05) is 0 Å². The highest BCUT2D eigenvalue weighted by atomic mass is 16.2. The van der Waals surface area contributed by atoms with Crippen molar-refractivity contribution in [3.63, 3.8) is 0 Å². The van der Waals surface area contributed by atoms with E-state index in [2.05, 4.69) is 5.32 Å². The van der Waals surface area contributed by atoms with Crippen LogP contribution in [0, 0.1) is 0 Å². The third kappa shape index (κ3) is 0.623. The first-order valence-electron chi connectivity index (χ1n) is 3.63. The lowest BCUT2D eigenvalue weighted by Gasteiger charge is -2.14. The molecule has 0 radical (unpaired) electrons. The van der Waals surface area contributed by atoms with Gasteiger partial charge in [-0.3, -0.25) is 5.01 Å². The molecule has 2 aliphatic rings. The molecule has 1 aliphatic heterocycles. The Morgan fingerprint density at radius 2 is 2.40 bits per heavy atom. The summed E-state index contributed by atoms with van der Waals surface area (Å²) >= 11 is 0. The second kappa shape index (κ2) is 1.85. The van der Waals surface area contributed by atoms with Crippen molar-refractivity contribution >= 4 is 6.03 Å². The van der Waals surface area contributed by atoms with Crippen molar-refractivity contribution in [1.82, 2.24) is 10.3 Å². The first-order valence-corrected chi connectivity index (χ1v) is 3.63. The van der Waals surface area contributed by atoms with Crippen LogP contribution < -0.4 is 11.2 Å². The largest absolute Gasteiger partial charge is 0.332 e. The van der Waals surface area contributed by atoms with Crippen molar-refractivity contribution in [2.75, 3.05) is 0 Å². The molecule has 4 heteroatoms. The fourth-order valence-corrected chi connectivity index (χ4v) is 1.83. The number of hydrogen-bond acceptors (Lipinski definition) is 2. The average molecular weight is 141 g/mol. The van der Waals surface area contributed by atoms with Crippen LogP contribution in [0.1, 0.15) is 19.3 Å². The van der Waals surface area contributed by atoms with Crippen LogP contribution in [-0.4, -0.2) is 23.1 Å². The number of nitrogens with zero attached hydrogens (tertiary/aromatic N) is 1. The third-order valence-corrected chi connectivity index (χ3v) is 2.38. The molecule has 3 N–H and O–H groups in total. The van der Waals surface area contributed by atoms with Crippen molar-refractivity contribution < 1.29 is 4.79 Å². The maximum absolute atomic E-state index is 10.9. The van der Waals surface area contributed by atoms with E-state index in [-0.39, 0.29) is 12.1 Å². The molecule has 2 atom stereocenters. The number of fused-ring (bicyclic) bond motifs is 1. The van der Waals surface area contributed by atoms with Gasteiger partial charge < -0.3 is 5.32 Å². The molecule has 2 unspecified atom stereocenters. The van der Waals surface area contributed by atoms with Gasteiger partial charge in [-0.15, -0.1) is 0 Å². The Labute approximate surface area is 59.3 Å². The minimum absolute atomic E-state index is 0.116. The molecule has 1 saturated heterocycles. The third-order valence-electron chi connectivity index (χ3n) is 2.38. The van der Waals surface area contributed by atoms with Gasteiger partial charge in [-0.05, 0) is 19.3 Å². The summed E-state index contributed by atoms with van der Waals surface area (Å²) in [5, 5.41) is 4.16. The summed E-state index contributed by atoms with van der Waals surface area (Å²) in [6.45, 7) is 0. The minimum Gasteiger partial charge on any atom is -0.332 e. The molecule has 4 nitrogen and oxygen atoms in total. The molecule has 0 spiro atoms. The minimum atomic E-state index is -0.116. The van der Waals surface area contributed by atoms with E-state index in [1.54, 1.807) is 0 Å². The quantitative estimate of drug-likeness (QED) is 0.363. The zero-order chi connectivity index (χ0) is 7.14. The number of urea groups is 1. The Balaban J connectivity index is 2.16. The number of nitrogens with two attached hydrogens (primary N) is 1. The maximum atomic E-state index is 10.9. The summed E-state index contributed by atoms with van der Waals surface area (Å²) in [6, 6.07) is 0.486. The second-order valence-electron chi connectivity index (χ2n) is 2.96. The van der Waals surface area contributed by atoms with E-state index < -0.39 is 0 Å². The molecule has 2 fully saturated rings. The van der Waals surface area contributed by atoms with E-state index in [4.69, 9.17) is 5.84 Å². The molecule has 0 aromatic rings. The predicted octanol–water partition coefficient (Wildman–Crippen LogP) is -0.194. The Morgan fingerprint density at radius 3 is 3.10 bits per heavy atom. The van der Waals surface area contributed by atoms with Crippen molar-refractivity contribution in [2.24, 2.45) is 5.84 Å². The zero-order valence-electron chi connectivity index (χ0n) is 5.71. The lowest BCUT2D eigenvalue weighted by molar-refractivity contribution is 0.204. The number of hydrazine groups is 1. The molecule has 10 heavy (non-hydrogen) atoms. The molecule has 0 bridgehead atoms. The van der Waals surface area contributed by atoms with Crippen molar-refractivity contribution in [2.45, 2.75) is 31.3 Å². The number of carbonyl (C=O) groups is 1. The lowest BCUT2D eigenvalue weighted by Crippen LogP contribution is -2.39. The second-order valence-corrected chi connectivity index (χ2v) is 2.96. The predicted molar refractivity (Wildman–Crippen MR) is 36.0 cm³/mol. The van der Waals surface area contributed by atoms with Gasteiger partial charge in [0.05, 0.1) is 12.1 Å². The van der Waals surface area contributed by atoms with Crippen molar-refractivity contribution in [3.8, 4) is 0 Å². The Kier molecular flexibility index (Phi) is 1.11. The Bertz CT molecular complexity index is 170. The molecular weight excluding hydrogens is 130 g/mol. The van der Waals surface area contributed by atoms with Gasteiger partial charge in [0.15, 0.2) is 0 Å². The van der Waals surface area contributed by atoms with Gasteiger partial charge in [0.25, 0.3) is 0 Å². The number of rotatable bonds is 0. The van der Waals surface area contributed by atoms with E-state index in [1.165, 1.54) is 11.4 Å². The number of nitrogens with one attached hydrogen (secondary N) is 1. The highest BCUT2D eigenvalue weighted by molar-refractivity contribution is 5.77. The zero-order valence-corrected chi connectivity index (χ0v) is 5.71. The summed E-state index contributed by atoms with van der Waals surface area (Å²) < 4.78 is 0. The molecular formula is C6H11N3O. The van der Waals surface area contributed by atoms with E-state index in [0.29, 0.717) is 6.04 Å².